The SMILES string of the molecule is CC(=O)N/C(=C/c1cccc([N+](=O)[O-])c1)C(=O)NC(C)c1ccccc1. The number of benzene rings is 2. The van der Waals surface area contributed by atoms with Crippen molar-refractivity contribution in [3.05, 3.63) is 81.5 Å². The summed E-state index contributed by atoms with van der Waals surface area (Å²) in [4.78, 5) is 34.4. The lowest BCUT2D eigenvalue weighted by Gasteiger charge is -2.16. The molecule has 0 fully saturated rings. The van der Waals surface area contributed by atoms with Crippen LogP contribution in [0.1, 0.15) is 31.0 Å². The zero-order valence-corrected chi connectivity index (χ0v) is 14.4. The minimum absolute atomic E-state index is 0.0146. The van der Waals surface area contributed by atoms with Gasteiger partial charge in [-0.25, -0.2) is 0 Å². The average Bonchev–Trinajstić information content (AvgIpc) is 2.61. The van der Waals surface area contributed by atoms with Crippen LogP contribution in [0.15, 0.2) is 60.3 Å². The summed E-state index contributed by atoms with van der Waals surface area (Å²) in [5.41, 5.74) is 1.27. The van der Waals surface area contributed by atoms with Crippen LogP contribution >= 0.6 is 0 Å². The Morgan fingerprint density at radius 2 is 1.81 bits per heavy atom. The molecule has 2 N–H and O–H groups in total. The molecule has 0 bridgehead atoms. The summed E-state index contributed by atoms with van der Waals surface area (Å²) < 4.78 is 0. The number of nitro groups is 1. The Labute approximate surface area is 150 Å². The van der Waals surface area contributed by atoms with Gasteiger partial charge in [0.15, 0.2) is 0 Å². The lowest BCUT2D eigenvalue weighted by atomic mass is 10.1. The van der Waals surface area contributed by atoms with Gasteiger partial charge in [0.2, 0.25) is 5.91 Å². The third-order valence-corrected chi connectivity index (χ3v) is 3.59. The molecule has 0 aliphatic heterocycles. The van der Waals surface area contributed by atoms with Crippen molar-refractivity contribution >= 4 is 23.6 Å². The van der Waals surface area contributed by atoms with Crippen molar-refractivity contribution in [1.29, 1.82) is 0 Å². The van der Waals surface area contributed by atoms with Gasteiger partial charge in [-0.1, -0.05) is 42.5 Å². The van der Waals surface area contributed by atoms with Crippen LogP contribution in [-0.2, 0) is 9.59 Å². The molecule has 2 amide bonds. The number of non-ortho nitro benzene ring substituents is 1. The normalized spacial score (nSPS) is 12.2. The number of nitrogens with one attached hydrogen (secondary N) is 2. The number of hydrogen-bond donors (Lipinski definition) is 2. The standard InChI is InChI=1S/C19H19N3O4/c1-13(16-8-4-3-5-9-16)20-19(24)18(21-14(2)23)12-15-7-6-10-17(11-15)22(25)26/h3-13H,1-2H3,(H,20,24)(H,21,23)/b18-12+. The summed E-state index contributed by atoms with van der Waals surface area (Å²) in [7, 11) is 0. The van der Waals surface area contributed by atoms with Crippen molar-refractivity contribution in [3.63, 3.8) is 0 Å². The van der Waals surface area contributed by atoms with Crippen molar-refractivity contribution in [3.8, 4) is 0 Å². The number of carbonyl (C=O) groups excluding carboxylic acids is 2. The van der Waals surface area contributed by atoms with Crippen LogP contribution in [0, 0.1) is 10.1 Å². The zero-order valence-electron chi connectivity index (χ0n) is 14.4. The molecule has 0 saturated carbocycles. The molecule has 0 heterocycles. The first-order valence-electron chi connectivity index (χ1n) is 7.96. The van der Waals surface area contributed by atoms with Crippen LogP contribution in [0.25, 0.3) is 6.08 Å². The Kier molecular flexibility index (Phi) is 6.21. The second-order valence-corrected chi connectivity index (χ2v) is 5.70. The summed E-state index contributed by atoms with van der Waals surface area (Å²) in [6, 6.07) is 14.9. The summed E-state index contributed by atoms with van der Waals surface area (Å²) in [6.45, 7) is 3.11. The highest BCUT2D eigenvalue weighted by Gasteiger charge is 2.15. The Morgan fingerprint density at radius 3 is 2.42 bits per heavy atom. The maximum Gasteiger partial charge on any atom is 0.270 e. The number of amides is 2. The van der Waals surface area contributed by atoms with Crippen LogP contribution < -0.4 is 10.6 Å². The van der Waals surface area contributed by atoms with E-state index in [0.29, 0.717) is 5.56 Å². The number of hydrogen-bond acceptors (Lipinski definition) is 4. The highest BCUT2D eigenvalue weighted by atomic mass is 16.6. The van der Waals surface area contributed by atoms with Gasteiger partial charge in [-0.2, -0.15) is 0 Å². The van der Waals surface area contributed by atoms with Gasteiger partial charge >= 0.3 is 0 Å². The largest absolute Gasteiger partial charge is 0.344 e. The molecule has 134 valence electrons. The van der Waals surface area contributed by atoms with Gasteiger partial charge in [-0.05, 0) is 24.1 Å². The second kappa shape index (κ2) is 8.57. The third kappa shape index (κ3) is 5.27. The Morgan fingerprint density at radius 1 is 1.12 bits per heavy atom. The molecule has 0 radical (unpaired) electrons. The monoisotopic (exact) mass is 353 g/mol. The molecule has 0 aliphatic rings. The molecule has 0 aromatic heterocycles. The fourth-order valence-electron chi connectivity index (χ4n) is 2.34. The average molecular weight is 353 g/mol. The fourth-order valence-corrected chi connectivity index (χ4v) is 2.34. The van der Waals surface area contributed by atoms with Crippen molar-refractivity contribution in [2.45, 2.75) is 19.9 Å². The van der Waals surface area contributed by atoms with Gasteiger partial charge < -0.3 is 10.6 Å². The lowest BCUT2D eigenvalue weighted by molar-refractivity contribution is -0.384. The summed E-state index contributed by atoms with van der Waals surface area (Å²) >= 11 is 0. The summed E-state index contributed by atoms with van der Waals surface area (Å²) in [6.07, 6.45) is 1.40. The molecule has 26 heavy (non-hydrogen) atoms. The van der Waals surface area contributed by atoms with Crippen LogP contribution in [0.5, 0.6) is 0 Å². The van der Waals surface area contributed by atoms with Crippen LogP contribution in [-0.4, -0.2) is 16.7 Å². The van der Waals surface area contributed by atoms with Crippen LogP contribution in [0.3, 0.4) is 0 Å². The minimum Gasteiger partial charge on any atom is -0.344 e. The molecule has 2 aromatic rings. The maximum absolute atomic E-state index is 12.6. The van der Waals surface area contributed by atoms with E-state index in [1.54, 1.807) is 6.07 Å². The first-order chi connectivity index (χ1) is 12.4. The molecule has 0 spiro atoms. The van der Waals surface area contributed by atoms with Gasteiger partial charge in [-0.15, -0.1) is 0 Å². The maximum atomic E-state index is 12.6. The van der Waals surface area contributed by atoms with Gasteiger partial charge in [0.25, 0.3) is 11.6 Å². The van der Waals surface area contributed by atoms with Gasteiger partial charge in [0, 0.05) is 19.1 Å². The van der Waals surface area contributed by atoms with E-state index in [9.17, 15) is 19.7 Å². The van der Waals surface area contributed by atoms with E-state index in [-0.39, 0.29) is 17.4 Å². The van der Waals surface area contributed by atoms with Gasteiger partial charge in [0.1, 0.15) is 5.70 Å². The first-order valence-corrected chi connectivity index (χ1v) is 7.96. The van der Waals surface area contributed by atoms with Crippen LogP contribution in [0.4, 0.5) is 5.69 Å². The predicted molar refractivity (Wildman–Crippen MR) is 97.9 cm³/mol. The number of carbonyl (C=O) groups is 2. The Balaban J connectivity index is 2.26. The number of nitro benzene ring substituents is 1. The summed E-state index contributed by atoms with van der Waals surface area (Å²) in [5.74, 6) is -0.896. The Bertz CT molecular complexity index is 847. The molecular formula is C19H19N3O4. The molecule has 1 atom stereocenters. The van der Waals surface area contributed by atoms with Gasteiger partial charge in [-0.3, -0.25) is 19.7 Å². The molecule has 7 nitrogen and oxygen atoms in total. The molecule has 0 aliphatic carbocycles. The second-order valence-electron chi connectivity index (χ2n) is 5.70. The van der Waals surface area contributed by atoms with E-state index < -0.39 is 16.7 Å². The van der Waals surface area contributed by atoms with Crippen molar-refractivity contribution < 1.29 is 14.5 Å². The van der Waals surface area contributed by atoms with Crippen molar-refractivity contribution in [2.24, 2.45) is 0 Å². The molecule has 2 aromatic carbocycles. The first kappa shape index (κ1) is 18.9. The molecular weight excluding hydrogens is 334 g/mol. The van der Waals surface area contributed by atoms with Crippen molar-refractivity contribution in [1.82, 2.24) is 10.6 Å². The highest BCUT2D eigenvalue weighted by molar-refractivity contribution is 6.01. The third-order valence-electron chi connectivity index (χ3n) is 3.59. The van der Waals surface area contributed by atoms with E-state index >= 15 is 0 Å². The van der Waals surface area contributed by atoms with E-state index in [1.165, 1.54) is 31.2 Å². The van der Waals surface area contributed by atoms with E-state index in [2.05, 4.69) is 10.6 Å². The van der Waals surface area contributed by atoms with Gasteiger partial charge in [0.05, 0.1) is 11.0 Å². The van der Waals surface area contributed by atoms with E-state index in [0.717, 1.165) is 5.56 Å². The summed E-state index contributed by atoms with van der Waals surface area (Å²) in [5, 5.41) is 16.2. The molecule has 2 rings (SSSR count). The lowest BCUT2D eigenvalue weighted by Crippen LogP contribution is -2.35. The molecule has 0 saturated heterocycles. The highest BCUT2D eigenvalue weighted by Crippen LogP contribution is 2.16. The zero-order chi connectivity index (χ0) is 19.1. The predicted octanol–water partition coefficient (Wildman–Crippen LogP) is 2.95. The Hall–Kier alpha value is -3.48. The van der Waals surface area contributed by atoms with Crippen LogP contribution in [0.2, 0.25) is 0 Å². The smallest absolute Gasteiger partial charge is 0.270 e. The van der Waals surface area contributed by atoms with Crippen molar-refractivity contribution in [2.75, 3.05) is 0 Å². The quantitative estimate of drug-likeness (QED) is 0.473. The minimum atomic E-state index is -0.521. The molecule has 7 heteroatoms. The number of nitrogens with zero attached hydrogens (tertiary/aromatic N) is 1. The van der Waals surface area contributed by atoms with E-state index in [4.69, 9.17) is 0 Å². The number of rotatable bonds is 6. The molecule has 1 unspecified atom stereocenters. The van der Waals surface area contributed by atoms with E-state index in [1.807, 2.05) is 37.3 Å². The fraction of sp³-hybridized carbons (Fsp3) is 0.158. The topological polar surface area (TPSA) is 101 Å².